The van der Waals surface area contributed by atoms with Gasteiger partial charge in [-0.15, -0.1) is 11.3 Å². The average molecular weight is 398 g/mol. The molecule has 0 saturated carbocycles. The number of aliphatic hydroxyl groups excluding tert-OH is 1. The van der Waals surface area contributed by atoms with E-state index in [1.54, 1.807) is 11.0 Å². The van der Waals surface area contributed by atoms with Crippen LogP contribution in [0.3, 0.4) is 0 Å². The van der Waals surface area contributed by atoms with Crippen molar-refractivity contribution in [3.63, 3.8) is 0 Å². The largest absolute Gasteiger partial charge is 0.507 e. The molecule has 0 aliphatic carbocycles. The fourth-order valence-electron chi connectivity index (χ4n) is 3.62. The number of nitrogens with zero attached hydrogens (tertiary/aromatic N) is 1. The lowest BCUT2D eigenvalue weighted by atomic mass is 9.96. The first-order valence-corrected chi connectivity index (χ1v) is 10.6. The number of hydrogen-bond donors (Lipinski definition) is 1. The Morgan fingerprint density at radius 2 is 1.82 bits per heavy atom. The molecule has 1 aromatic carbocycles. The highest BCUT2D eigenvalue weighted by Gasteiger charge is 2.46. The summed E-state index contributed by atoms with van der Waals surface area (Å²) >= 11 is 1.52. The van der Waals surface area contributed by atoms with E-state index in [2.05, 4.69) is 6.92 Å². The van der Waals surface area contributed by atoms with E-state index in [1.807, 2.05) is 44.4 Å². The molecule has 1 aromatic heterocycles. The van der Waals surface area contributed by atoms with Gasteiger partial charge in [0.15, 0.2) is 0 Å². The van der Waals surface area contributed by atoms with Crippen LogP contribution in [0, 0.1) is 20.8 Å². The molecule has 1 aliphatic rings. The molecular weight excluding hydrogens is 370 g/mol. The topological polar surface area (TPSA) is 57.6 Å². The third-order valence-corrected chi connectivity index (χ3v) is 6.54. The molecule has 1 unspecified atom stereocenters. The Morgan fingerprint density at radius 1 is 1.07 bits per heavy atom. The number of aliphatic hydroxyl groups is 1. The lowest BCUT2D eigenvalue weighted by molar-refractivity contribution is -0.139. The number of unbranched alkanes of at least 4 members (excludes halogenated alkanes) is 2. The van der Waals surface area contributed by atoms with Gasteiger partial charge in [-0.2, -0.15) is 0 Å². The van der Waals surface area contributed by atoms with Crippen molar-refractivity contribution in [1.29, 1.82) is 0 Å². The summed E-state index contributed by atoms with van der Waals surface area (Å²) in [6.45, 7) is 8.57. The van der Waals surface area contributed by atoms with Crippen LogP contribution in [0.15, 0.2) is 35.2 Å². The first kappa shape index (κ1) is 20.3. The second kappa shape index (κ2) is 8.31. The van der Waals surface area contributed by atoms with E-state index >= 15 is 0 Å². The highest BCUT2D eigenvalue weighted by molar-refractivity contribution is 7.10. The molecule has 0 bridgehead atoms. The molecular formula is C23H27NO3S. The van der Waals surface area contributed by atoms with Gasteiger partial charge in [0.05, 0.1) is 11.6 Å². The van der Waals surface area contributed by atoms with Crippen LogP contribution in [0.4, 0.5) is 0 Å². The number of thiophene rings is 1. The minimum absolute atomic E-state index is 0.0859. The number of aryl methyl sites for hydroxylation is 3. The van der Waals surface area contributed by atoms with Gasteiger partial charge in [0.25, 0.3) is 11.7 Å². The molecule has 1 N–H and O–H groups in total. The lowest BCUT2D eigenvalue weighted by Gasteiger charge is -2.25. The molecule has 1 fully saturated rings. The first-order valence-electron chi connectivity index (χ1n) is 9.76. The van der Waals surface area contributed by atoms with Crippen molar-refractivity contribution in [2.24, 2.45) is 0 Å². The molecule has 2 heterocycles. The fraction of sp³-hybridized carbons (Fsp3) is 0.391. The maximum atomic E-state index is 12.9. The van der Waals surface area contributed by atoms with Gasteiger partial charge in [-0.1, -0.05) is 31.9 Å². The van der Waals surface area contributed by atoms with Crippen LogP contribution in [-0.2, 0) is 9.59 Å². The summed E-state index contributed by atoms with van der Waals surface area (Å²) in [6.07, 6.45) is 2.87. The van der Waals surface area contributed by atoms with E-state index in [4.69, 9.17) is 0 Å². The van der Waals surface area contributed by atoms with Crippen molar-refractivity contribution in [3.8, 4) is 0 Å². The van der Waals surface area contributed by atoms with Crippen LogP contribution in [0.25, 0.3) is 5.76 Å². The second-order valence-electron chi connectivity index (χ2n) is 7.47. The van der Waals surface area contributed by atoms with Crippen LogP contribution in [0.5, 0.6) is 0 Å². The molecule has 1 saturated heterocycles. The van der Waals surface area contributed by atoms with Gasteiger partial charge in [0.1, 0.15) is 5.76 Å². The molecule has 148 valence electrons. The van der Waals surface area contributed by atoms with Crippen molar-refractivity contribution in [2.45, 2.75) is 53.0 Å². The molecule has 28 heavy (non-hydrogen) atoms. The quantitative estimate of drug-likeness (QED) is 0.312. The van der Waals surface area contributed by atoms with E-state index in [9.17, 15) is 14.7 Å². The number of carbonyl (C=O) groups excluding carboxylic acids is 2. The Bertz CT molecular complexity index is 941. The molecule has 1 atom stereocenters. The van der Waals surface area contributed by atoms with Gasteiger partial charge in [0, 0.05) is 17.0 Å². The number of benzene rings is 1. The highest BCUT2D eigenvalue weighted by atomic mass is 32.1. The van der Waals surface area contributed by atoms with Gasteiger partial charge < -0.3 is 10.0 Å². The summed E-state index contributed by atoms with van der Waals surface area (Å²) in [5.74, 6) is -1.19. The van der Waals surface area contributed by atoms with Gasteiger partial charge >= 0.3 is 0 Å². The molecule has 0 spiro atoms. The van der Waals surface area contributed by atoms with E-state index < -0.39 is 17.7 Å². The van der Waals surface area contributed by atoms with Crippen LogP contribution in [0.1, 0.15) is 59.4 Å². The number of ketones is 1. The molecule has 5 heteroatoms. The summed E-state index contributed by atoms with van der Waals surface area (Å²) in [7, 11) is 0. The zero-order chi connectivity index (χ0) is 20.4. The molecule has 1 amide bonds. The standard InChI is InChI=1S/C23H27NO3S/c1-5-6-7-11-24-19(22-15(3)10-12-28-22)18(21(26)23(24)27)20(25)17-9-8-14(2)16(4)13-17/h8-10,12-13,19,25H,5-7,11H2,1-4H3/b20-18-. The van der Waals surface area contributed by atoms with E-state index in [1.165, 1.54) is 11.3 Å². The summed E-state index contributed by atoms with van der Waals surface area (Å²) in [5, 5.41) is 13.0. The zero-order valence-electron chi connectivity index (χ0n) is 16.9. The van der Waals surface area contributed by atoms with Crippen molar-refractivity contribution in [1.82, 2.24) is 4.90 Å². The van der Waals surface area contributed by atoms with Gasteiger partial charge in [-0.05, 0) is 61.4 Å². The van der Waals surface area contributed by atoms with Crippen LogP contribution < -0.4 is 0 Å². The van der Waals surface area contributed by atoms with E-state index in [0.717, 1.165) is 40.8 Å². The van der Waals surface area contributed by atoms with Gasteiger partial charge in [0.2, 0.25) is 0 Å². The van der Waals surface area contributed by atoms with E-state index in [-0.39, 0.29) is 11.3 Å². The first-order chi connectivity index (χ1) is 13.4. The van der Waals surface area contributed by atoms with Crippen molar-refractivity contribution in [2.75, 3.05) is 6.54 Å². The minimum Gasteiger partial charge on any atom is -0.507 e. The molecule has 0 radical (unpaired) electrons. The molecule has 3 rings (SSSR count). The summed E-state index contributed by atoms with van der Waals surface area (Å²) in [6, 6.07) is 7.07. The summed E-state index contributed by atoms with van der Waals surface area (Å²) < 4.78 is 0. The van der Waals surface area contributed by atoms with Crippen LogP contribution in [0.2, 0.25) is 0 Å². The average Bonchev–Trinajstić information content (AvgIpc) is 3.19. The number of carbonyl (C=O) groups is 2. The van der Waals surface area contributed by atoms with Crippen molar-refractivity contribution >= 4 is 28.8 Å². The Morgan fingerprint density at radius 3 is 2.43 bits per heavy atom. The van der Waals surface area contributed by atoms with Crippen molar-refractivity contribution < 1.29 is 14.7 Å². The maximum absolute atomic E-state index is 12.9. The van der Waals surface area contributed by atoms with E-state index in [0.29, 0.717) is 12.1 Å². The molecule has 2 aromatic rings. The third-order valence-electron chi connectivity index (χ3n) is 5.47. The lowest BCUT2D eigenvalue weighted by Crippen LogP contribution is -2.30. The summed E-state index contributed by atoms with van der Waals surface area (Å²) in [4.78, 5) is 28.3. The summed E-state index contributed by atoms with van der Waals surface area (Å²) in [5.41, 5.74) is 3.96. The third kappa shape index (κ3) is 3.63. The Balaban J connectivity index is 2.13. The monoisotopic (exact) mass is 397 g/mol. The Kier molecular flexibility index (Phi) is 6.04. The maximum Gasteiger partial charge on any atom is 0.295 e. The fourth-order valence-corrected chi connectivity index (χ4v) is 4.67. The van der Waals surface area contributed by atoms with Crippen LogP contribution in [-0.4, -0.2) is 28.2 Å². The number of hydrogen-bond acceptors (Lipinski definition) is 4. The second-order valence-corrected chi connectivity index (χ2v) is 8.41. The Labute approximate surface area is 170 Å². The molecule has 4 nitrogen and oxygen atoms in total. The highest BCUT2D eigenvalue weighted by Crippen LogP contribution is 2.42. The predicted octanol–water partition coefficient (Wildman–Crippen LogP) is 5.29. The van der Waals surface area contributed by atoms with Gasteiger partial charge in [-0.25, -0.2) is 0 Å². The predicted molar refractivity (Wildman–Crippen MR) is 114 cm³/mol. The normalized spacial score (nSPS) is 18.9. The minimum atomic E-state index is -0.593. The number of amides is 1. The van der Waals surface area contributed by atoms with Gasteiger partial charge in [-0.3, -0.25) is 9.59 Å². The zero-order valence-corrected chi connectivity index (χ0v) is 17.7. The Hall–Kier alpha value is -2.40. The smallest absolute Gasteiger partial charge is 0.295 e. The molecule has 1 aliphatic heterocycles. The number of Topliss-reactive ketones (excluding diaryl/α,β-unsaturated/α-hetero) is 1. The number of likely N-dealkylation sites (tertiary alicyclic amines) is 1. The number of rotatable bonds is 6. The SMILES string of the molecule is CCCCCN1C(=O)C(=O)/C(=C(\O)c2ccc(C)c(C)c2)C1c1sccc1C. The van der Waals surface area contributed by atoms with Crippen molar-refractivity contribution in [3.05, 3.63) is 62.3 Å². The van der Waals surface area contributed by atoms with Crippen LogP contribution >= 0.6 is 11.3 Å².